The van der Waals surface area contributed by atoms with Gasteiger partial charge in [0.05, 0.1) is 0 Å². The minimum atomic E-state index is -0.0950. The first-order valence-electron chi connectivity index (χ1n) is 6.16. The van der Waals surface area contributed by atoms with E-state index in [1.165, 1.54) is 16.0 Å². The van der Waals surface area contributed by atoms with Crippen LogP contribution in [-0.2, 0) is 5.75 Å². The standard InChI is InChI=1S/C17H16OS/c1-14-5-2-9-17(11-14)19-13-16-7-3-6-15(12-16)8-4-10-18/h2-3,5-7,9,11-12,18H,10,13H2,1H3. The largest absolute Gasteiger partial charge is 0.384 e. The van der Waals surface area contributed by atoms with Gasteiger partial charge in [0.2, 0.25) is 0 Å². The molecule has 0 heterocycles. The fraction of sp³-hybridized carbons (Fsp3) is 0.176. The Morgan fingerprint density at radius 2 is 1.95 bits per heavy atom. The lowest BCUT2D eigenvalue weighted by Gasteiger charge is -2.03. The molecule has 0 fully saturated rings. The summed E-state index contributed by atoms with van der Waals surface area (Å²) in [5.74, 6) is 6.53. The van der Waals surface area contributed by atoms with Gasteiger partial charge in [0.15, 0.2) is 0 Å². The van der Waals surface area contributed by atoms with Gasteiger partial charge >= 0.3 is 0 Å². The van der Waals surface area contributed by atoms with Gasteiger partial charge in [0.25, 0.3) is 0 Å². The Bertz CT molecular complexity index is 608. The van der Waals surface area contributed by atoms with Crippen LogP contribution in [0.5, 0.6) is 0 Å². The van der Waals surface area contributed by atoms with Crippen molar-refractivity contribution >= 4 is 11.8 Å². The van der Waals surface area contributed by atoms with E-state index in [1.807, 2.05) is 23.9 Å². The molecule has 0 unspecified atom stereocenters. The second kappa shape index (κ2) is 7.04. The summed E-state index contributed by atoms with van der Waals surface area (Å²) in [6, 6.07) is 16.7. The Morgan fingerprint density at radius 3 is 2.74 bits per heavy atom. The normalized spacial score (nSPS) is 9.79. The molecule has 1 nitrogen and oxygen atoms in total. The van der Waals surface area contributed by atoms with Gasteiger partial charge in [0, 0.05) is 16.2 Å². The van der Waals surface area contributed by atoms with Gasteiger partial charge < -0.3 is 5.11 Å². The van der Waals surface area contributed by atoms with Crippen molar-refractivity contribution in [2.45, 2.75) is 17.6 Å². The number of hydrogen-bond donors (Lipinski definition) is 1. The number of rotatable bonds is 3. The number of benzene rings is 2. The van der Waals surface area contributed by atoms with Gasteiger partial charge in [-0.3, -0.25) is 0 Å². The maximum absolute atomic E-state index is 8.70. The van der Waals surface area contributed by atoms with E-state index in [2.05, 4.69) is 55.2 Å². The van der Waals surface area contributed by atoms with E-state index in [0.717, 1.165) is 11.3 Å². The number of aliphatic hydroxyl groups excluding tert-OH is 1. The summed E-state index contributed by atoms with van der Waals surface area (Å²) in [4.78, 5) is 1.28. The van der Waals surface area contributed by atoms with E-state index in [0.29, 0.717) is 0 Å². The summed E-state index contributed by atoms with van der Waals surface area (Å²) in [6.07, 6.45) is 0. The van der Waals surface area contributed by atoms with E-state index in [1.54, 1.807) is 0 Å². The first kappa shape index (κ1) is 13.7. The number of thioether (sulfide) groups is 1. The summed E-state index contributed by atoms with van der Waals surface area (Å²) < 4.78 is 0. The lowest BCUT2D eigenvalue weighted by molar-refractivity contribution is 0.350. The second-order valence-corrected chi connectivity index (χ2v) is 5.31. The van der Waals surface area contributed by atoms with Crippen LogP contribution in [0.2, 0.25) is 0 Å². The predicted molar refractivity (Wildman–Crippen MR) is 81.1 cm³/mol. The molecule has 2 rings (SSSR count). The van der Waals surface area contributed by atoms with E-state index in [4.69, 9.17) is 5.11 Å². The van der Waals surface area contributed by atoms with Gasteiger partial charge in [0.1, 0.15) is 6.61 Å². The molecule has 0 spiro atoms. The summed E-state index contributed by atoms with van der Waals surface area (Å²) in [7, 11) is 0. The first-order chi connectivity index (χ1) is 9.28. The van der Waals surface area contributed by atoms with Crippen LogP contribution in [-0.4, -0.2) is 11.7 Å². The summed E-state index contributed by atoms with van der Waals surface area (Å²) in [6.45, 7) is 2.01. The van der Waals surface area contributed by atoms with E-state index in [-0.39, 0.29) is 6.61 Å². The number of aryl methyl sites for hydroxylation is 1. The molecular weight excluding hydrogens is 252 g/mol. The lowest BCUT2D eigenvalue weighted by atomic mass is 10.1. The average Bonchev–Trinajstić information content (AvgIpc) is 2.43. The van der Waals surface area contributed by atoms with Gasteiger partial charge in [-0.1, -0.05) is 41.7 Å². The Labute approximate surface area is 118 Å². The Kier molecular flexibility index (Phi) is 5.09. The SMILES string of the molecule is Cc1cccc(SCc2cccc(C#CCO)c2)c1. The molecule has 0 bridgehead atoms. The Hall–Kier alpha value is -1.69. The highest BCUT2D eigenvalue weighted by molar-refractivity contribution is 7.98. The third kappa shape index (κ3) is 4.48. The third-order valence-electron chi connectivity index (χ3n) is 2.63. The lowest BCUT2D eigenvalue weighted by Crippen LogP contribution is -1.84. The van der Waals surface area contributed by atoms with Crippen LogP contribution in [0.15, 0.2) is 53.4 Å². The van der Waals surface area contributed by atoms with Crippen LogP contribution in [0.1, 0.15) is 16.7 Å². The molecule has 0 aliphatic heterocycles. The molecule has 0 saturated carbocycles. The highest BCUT2D eigenvalue weighted by Crippen LogP contribution is 2.23. The maximum atomic E-state index is 8.70. The van der Waals surface area contributed by atoms with Crippen molar-refractivity contribution in [1.29, 1.82) is 0 Å². The smallest absolute Gasteiger partial charge is 0.104 e. The van der Waals surface area contributed by atoms with Crippen molar-refractivity contribution in [3.63, 3.8) is 0 Å². The zero-order chi connectivity index (χ0) is 13.5. The van der Waals surface area contributed by atoms with Crippen LogP contribution in [0, 0.1) is 18.8 Å². The molecule has 0 amide bonds. The van der Waals surface area contributed by atoms with Crippen molar-refractivity contribution in [3.05, 3.63) is 65.2 Å². The fourth-order valence-corrected chi connectivity index (χ4v) is 2.71. The molecule has 0 aliphatic rings. The molecule has 19 heavy (non-hydrogen) atoms. The fourth-order valence-electron chi connectivity index (χ4n) is 1.75. The molecule has 2 aromatic rings. The van der Waals surface area contributed by atoms with E-state index < -0.39 is 0 Å². The zero-order valence-corrected chi connectivity index (χ0v) is 11.7. The van der Waals surface area contributed by atoms with Gasteiger partial charge in [-0.2, -0.15) is 0 Å². The minimum Gasteiger partial charge on any atom is -0.384 e. The van der Waals surface area contributed by atoms with Crippen LogP contribution in [0.25, 0.3) is 0 Å². The van der Waals surface area contributed by atoms with Crippen LogP contribution in [0.4, 0.5) is 0 Å². The van der Waals surface area contributed by atoms with Crippen molar-refractivity contribution in [2.75, 3.05) is 6.61 Å². The van der Waals surface area contributed by atoms with Crippen molar-refractivity contribution in [1.82, 2.24) is 0 Å². The summed E-state index contributed by atoms with van der Waals surface area (Å²) in [5, 5.41) is 8.70. The van der Waals surface area contributed by atoms with Crippen LogP contribution in [0.3, 0.4) is 0 Å². The number of aliphatic hydroxyl groups is 1. The van der Waals surface area contributed by atoms with Gasteiger partial charge in [-0.05, 0) is 36.8 Å². The molecule has 0 aromatic heterocycles. The topological polar surface area (TPSA) is 20.2 Å². The Balaban J connectivity index is 2.03. The molecule has 2 aromatic carbocycles. The molecule has 0 radical (unpaired) electrons. The maximum Gasteiger partial charge on any atom is 0.104 e. The highest BCUT2D eigenvalue weighted by Gasteiger charge is 1.97. The quantitative estimate of drug-likeness (QED) is 0.677. The Morgan fingerprint density at radius 1 is 1.11 bits per heavy atom. The van der Waals surface area contributed by atoms with Crippen molar-refractivity contribution in [2.24, 2.45) is 0 Å². The predicted octanol–water partition coefficient (Wildman–Crippen LogP) is 3.63. The summed E-state index contributed by atoms with van der Waals surface area (Å²) >= 11 is 1.82. The highest BCUT2D eigenvalue weighted by atomic mass is 32.2. The van der Waals surface area contributed by atoms with Crippen molar-refractivity contribution in [3.8, 4) is 11.8 Å². The van der Waals surface area contributed by atoms with Gasteiger partial charge in [-0.25, -0.2) is 0 Å². The monoisotopic (exact) mass is 268 g/mol. The van der Waals surface area contributed by atoms with E-state index >= 15 is 0 Å². The third-order valence-corrected chi connectivity index (χ3v) is 3.70. The molecule has 2 heteroatoms. The molecule has 0 aliphatic carbocycles. The molecule has 1 N–H and O–H groups in total. The molecule has 0 atom stereocenters. The van der Waals surface area contributed by atoms with Gasteiger partial charge in [-0.15, -0.1) is 11.8 Å². The minimum absolute atomic E-state index is 0.0950. The summed E-state index contributed by atoms with van der Waals surface area (Å²) in [5.41, 5.74) is 3.49. The first-order valence-corrected chi connectivity index (χ1v) is 7.14. The zero-order valence-electron chi connectivity index (χ0n) is 10.9. The number of hydrogen-bond acceptors (Lipinski definition) is 2. The second-order valence-electron chi connectivity index (χ2n) is 4.27. The molecular formula is C17H16OS. The van der Waals surface area contributed by atoms with Crippen LogP contribution >= 0.6 is 11.8 Å². The molecule has 96 valence electrons. The van der Waals surface area contributed by atoms with E-state index in [9.17, 15) is 0 Å². The van der Waals surface area contributed by atoms with Crippen molar-refractivity contribution < 1.29 is 5.11 Å². The molecule has 0 saturated heterocycles. The average molecular weight is 268 g/mol. The van der Waals surface area contributed by atoms with Crippen LogP contribution < -0.4 is 0 Å².